The first-order chi connectivity index (χ1) is 14.8. The summed E-state index contributed by atoms with van der Waals surface area (Å²) in [5.74, 6) is 0.591. The van der Waals surface area contributed by atoms with Crippen molar-refractivity contribution in [3.05, 3.63) is 58.4 Å². The summed E-state index contributed by atoms with van der Waals surface area (Å²) < 4.78 is 41.8. The largest absolute Gasteiger partial charge is 0.417 e. The van der Waals surface area contributed by atoms with Crippen molar-refractivity contribution in [3.8, 4) is 5.69 Å². The number of hydrogen-bond donors (Lipinski definition) is 0. The fourth-order valence-electron chi connectivity index (χ4n) is 4.05. The molecule has 0 atom stereocenters. The maximum absolute atomic E-state index is 13.3. The maximum atomic E-state index is 13.3. The SMILES string of the molecule is CCc1ccc(-n2c(CCC(=O)N3CCCC3)nc3cc(C(F)(F)F)c(Cl)cc32)cc1. The molecule has 1 aliphatic heterocycles. The lowest BCUT2D eigenvalue weighted by Crippen LogP contribution is -2.28. The Bertz CT molecular complexity index is 1100. The Morgan fingerprint density at radius 3 is 2.42 bits per heavy atom. The fraction of sp³-hybridized carbons (Fsp3) is 0.391. The molecule has 1 aliphatic rings. The monoisotopic (exact) mass is 449 g/mol. The van der Waals surface area contributed by atoms with Crippen molar-refractivity contribution in [2.75, 3.05) is 13.1 Å². The van der Waals surface area contributed by atoms with Gasteiger partial charge in [0.1, 0.15) is 5.82 Å². The van der Waals surface area contributed by atoms with Gasteiger partial charge < -0.3 is 4.90 Å². The van der Waals surface area contributed by atoms with Crippen molar-refractivity contribution in [2.24, 2.45) is 0 Å². The van der Waals surface area contributed by atoms with Gasteiger partial charge in [-0.15, -0.1) is 0 Å². The zero-order chi connectivity index (χ0) is 22.2. The number of aromatic nitrogens is 2. The van der Waals surface area contributed by atoms with E-state index < -0.39 is 11.7 Å². The molecule has 31 heavy (non-hydrogen) atoms. The number of likely N-dealkylation sites (tertiary alicyclic amines) is 1. The van der Waals surface area contributed by atoms with Gasteiger partial charge in [-0.2, -0.15) is 13.2 Å². The van der Waals surface area contributed by atoms with Crippen LogP contribution in [0.25, 0.3) is 16.7 Å². The van der Waals surface area contributed by atoms with Crippen LogP contribution >= 0.6 is 11.6 Å². The zero-order valence-corrected chi connectivity index (χ0v) is 17.9. The third-order valence-electron chi connectivity index (χ3n) is 5.74. The summed E-state index contributed by atoms with van der Waals surface area (Å²) in [5.41, 5.74) is 1.72. The summed E-state index contributed by atoms with van der Waals surface area (Å²) >= 11 is 6.00. The van der Waals surface area contributed by atoms with E-state index in [2.05, 4.69) is 11.9 Å². The number of alkyl halides is 3. The lowest BCUT2D eigenvalue weighted by Gasteiger charge is -2.15. The second kappa shape index (κ2) is 8.54. The number of benzene rings is 2. The summed E-state index contributed by atoms with van der Waals surface area (Å²) in [4.78, 5) is 18.8. The molecule has 0 N–H and O–H groups in total. The highest BCUT2D eigenvalue weighted by molar-refractivity contribution is 6.32. The number of aryl methyl sites for hydroxylation is 2. The molecule has 0 saturated carbocycles. The van der Waals surface area contributed by atoms with E-state index in [-0.39, 0.29) is 22.9 Å². The van der Waals surface area contributed by atoms with Crippen LogP contribution in [0.3, 0.4) is 0 Å². The molecule has 0 spiro atoms. The molecule has 2 heterocycles. The van der Waals surface area contributed by atoms with Gasteiger partial charge >= 0.3 is 6.18 Å². The van der Waals surface area contributed by atoms with Crippen molar-refractivity contribution >= 4 is 28.5 Å². The molecule has 1 aromatic heterocycles. The van der Waals surface area contributed by atoms with Gasteiger partial charge in [0.25, 0.3) is 0 Å². The molecule has 0 bridgehead atoms. The zero-order valence-electron chi connectivity index (χ0n) is 17.2. The molecule has 3 aromatic rings. The van der Waals surface area contributed by atoms with Gasteiger partial charge in [-0.05, 0) is 49.1 Å². The maximum Gasteiger partial charge on any atom is 0.417 e. The fourth-order valence-corrected chi connectivity index (χ4v) is 4.31. The number of carbonyl (C=O) groups is 1. The van der Waals surface area contributed by atoms with Crippen LogP contribution in [0.1, 0.15) is 43.1 Å². The molecule has 8 heteroatoms. The molecule has 0 unspecified atom stereocenters. The third kappa shape index (κ3) is 4.42. The summed E-state index contributed by atoms with van der Waals surface area (Å²) in [6.45, 7) is 3.58. The topological polar surface area (TPSA) is 38.1 Å². The number of carbonyl (C=O) groups excluding carboxylic acids is 1. The molecular formula is C23H23ClF3N3O. The van der Waals surface area contributed by atoms with E-state index >= 15 is 0 Å². The minimum atomic E-state index is -4.57. The van der Waals surface area contributed by atoms with E-state index in [1.165, 1.54) is 6.07 Å². The van der Waals surface area contributed by atoms with Crippen LogP contribution in [-0.4, -0.2) is 33.4 Å². The minimum absolute atomic E-state index is 0.0476. The van der Waals surface area contributed by atoms with E-state index in [4.69, 9.17) is 11.6 Å². The van der Waals surface area contributed by atoms with Gasteiger partial charge in [-0.1, -0.05) is 30.7 Å². The lowest BCUT2D eigenvalue weighted by molar-refractivity contribution is -0.137. The molecule has 1 amide bonds. The summed E-state index contributed by atoms with van der Waals surface area (Å²) in [7, 11) is 0. The Morgan fingerprint density at radius 1 is 1.13 bits per heavy atom. The van der Waals surface area contributed by atoms with E-state index in [1.807, 2.05) is 29.2 Å². The molecule has 1 saturated heterocycles. The smallest absolute Gasteiger partial charge is 0.343 e. The predicted octanol–water partition coefficient (Wildman–Crippen LogP) is 5.82. The van der Waals surface area contributed by atoms with Crippen LogP contribution in [0.4, 0.5) is 13.2 Å². The molecule has 2 aromatic carbocycles. The molecule has 1 fully saturated rings. The van der Waals surface area contributed by atoms with Gasteiger partial charge in [0.05, 0.1) is 21.6 Å². The number of imidazole rings is 1. The van der Waals surface area contributed by atoms with Gasteiger partial charge in [-0.25, -0.2) is 4.98 Å². The van der Waals surface area contributed by atoms with Gasteiger partial charge in [0, 0.05) is 31.6 Å². The number of fused-ring (bicyclic) bond motifs is 1. The third-order valence-corrected chi connectivity index (χ3v) is 6.05. The van der Waals surface area contributed by atoms with E-state index in [1.54, 1.807) is 4.57 Å². The van der Waals surface area contributed by atoms with Gasteiger partial charge in [-0.3, -0.25) is 9.36 Å². The highest BCUT2D eigenvalue weighted by atomic mass is 35.5. The highest BCUT2D eigenvalue weighted by Crippen LogP contribution is 2.38. The highest BCUT2D eigenvalue weighted by Gasteiger charge is 2.34. The van der Waals surface area contributed by atoms with Crippen LogP contribution in [-0.2, 0) is 23.8 Å². The molecule has 4 nitrogen and oxygen atoms in total. The Kier molecular flexibility index (Phi) is 5.97. The van der Waals surface area contributed by atoms with E-state index in [9.17, 15) is 18.0 Å². The number of hydrogen-bond acceptors (Lipinski definition) is 2. The summed E-state index contributed by atoms with van der Waals surface area (Å²) in [6, 6.07) is 10.1. The van der Waals surface area contributed by atoms with Crippen molar-refractivity contribution < 1.29 is 18.0 Å². The summed E-state index contributed by atoms with van der Waals surface area (Å²) in [5, 5.41) is -0.369. The second-order valence-electron chi connectivity index (χ2n) is 7.79. The molecule has 0 radical (unpaired) electrons. The Morgan fingerprint density at radius 2 is 1.81 bits per heavy atom. The number of halogens is 4. The average molecular weight is 450 g/mol. The van der Waals surface area contributed by atoms with Crippen LogP contribution in [0.5, 0.6) is 0 Å². The van der Waals surface area contributed by atoms with E-state index in [0.717, 1.165) is 49.7 Å². The number of amides is 1. The molecule has 164 valence electrons. The minimum Gasteiger partial charge on any atom is -0.343 e. The van der Waals surface area contributed by atoms with Crippen molar-refractivity contribution in [1.82, 2.24) is 14.5 Å². The van der Waals surface area contributed by atoms with Crippen molar-refractivity contribution in [2.45, 2.75) is 45.2 Å². The number of rotatable bonds is 5. The van der Waals surface area contributed by atoms with Crippen molar-refractivity contribution in [3.63, 3.8) is 0 Å². The first-order valence-electron chi connectivity index (χ1n) is 10.4. The Balaban J connectivity index is 1.77. The quantitative estimate of drug-likeness (QED) is 0.492. The van der Waals surface area contributed by atoms with Crippen LogP contribution in [0.2, 0.25) is 5.02 Å². The van der Waals surface area contributed by atoms with Crippen LogP contribution in [0, 0.1) is 0 Å². The van der Waals surface area contributed by atoms with Crippen LogP contribution in [0.15, 0.2) is 36.4 Å². The first kappa shape index (κ1) is 21.7. The lowest BCUT2D eigenvalue weighted by atomic mass is 10.1. The molecular weight excluding hydrogens is 427 g/mol. The Labute approximate surface area is 183 Å². The molecule has 0 aliphatic carbocycles. The standard InChI is InChI=1S/C23H23ClF3N3O/c1-2-15-5-7-16(8-6-15)30-20-14-18(24)17(23(25,26)27)13-19(20)28-21(30)9-10-22(31)29-11-3-4-12-29/h5-8,13-14H,2-4,9-12H2,1H3. The van der Waals surface area contributed by atoms with Gasteiger partial charge in [0.2, 0.25) is 5.91 Å². The number of nitrogens with zero attached hydrogens (tertiary/aromatic N) is 3. The van der Waals surface area contributed by atoms with Crippen LogP contribution < -0.4 is 0 Å². The molecule has 4 rings (SSSR count). The van der Waals surface area contributed by atoms with Crippen molar-refractivity contribution in [1.29, 1.82) is 0 Å². The second-order valence-corrected chi connectivity index (χ2v) is 8.20. The average Bonchev–Trinajstić information content (AvgIpc) is 3.39. The van der Waals surface area contributed by atoms with E-state index in [0.29, 0.717) is 17.8 Å². The predicted molar refractivity (Wildman–Crippen MR) is 115 cm³/mol. The summed E-state index contributed by atoms with van der Waals surface area (Å²) in [6.07, 6.45) is -1.08. The Hall–Kier alpha value is -2.54. The first-order valence-corrected chi connectivity index (χ1v) is 10.8. The normalized spacial score (nSPS) is 14.5. The van der Waals surface area contributed by atoms with Gasteiger partial charge in [0.15, 0.2) is 0 Å².